The van der Waals surface area contributed by atoms with Gasteiger partial charge in [-0.2, -0.15) is 0 Å². The Bertz CT molecular complexity index is 154. The van der Waals surface area contributed by atoms with Gasteiger partial charge >= 0.3 is 7.82 Å². The SMILES string of the molecule is COP(=O)(OC)OC(CCl)CCl. The Morgan fingerprint density at radius 2 is 1.67 bits per heavy atom. The van der Waals surface area contributed by atoms with E-state index >= 15 is 0 Å². The molecule has 0 bridgehead atoms. The van der Waals surface area contributed by atoms with E-state index < -0.39 is 13.9 Å². The molecule has 0 fully saturated rings. The lowest BCUT2D eigenvalue weighted by Gasteiger charge is -2.17. The molecule has 0 aliphatic carbocycles. The molecular formula is C5H11Cl2O4P. The highest BCUT2D eigenvalue weighted by Crippen LogP contribution is 2.48. The zero-order chi connectivity index (χ0) is 9.61. The molecular weight excluding hydrogens is 226 g/mol. The number of hydrogen-bond acceptors (Lipinski definition) is 4. The standard InChI is InChI=1S/C5H11Cl2O4P/c1-9-12(8,10-2)11-5(3-6)4-7/h5H,3-4H2,1-2H3. The zero-order valence-corrected chi connectivity index (χ0v) is 9.23. The molecule has 4 nitrogen and oxygen atoms in total. The van der Waals surface area contributed by atoms with Crippen molar-refractivity contribution in [1.82, 2.24) is 0 Å². The molecule has 0 heterocycles. The van der Waals surface area contributed by atoms with Crippen molar-refractivity contribution >= 4 is 31.0 Å². The summed E-state index contributed by atoms with van der Waals surface area (Å²) < 4.78 is 25.2. The van der Waals surface area contributed by atoms with Gasteiger partial charge in [0.15, 0.2) is 0 Å². The van der Waals surface area contributed by atoms with Gasteiger partial charge in [0.25, 0.3) is 0 Å². The van der Waals surface area contributed by atoms with Crippen LogP contribution < -0.4 is 0 Å². The van der Waals surface area contributed by atoms with E-state index in [0.717, 1.165) is 0 Å². The van der Waals surface area contributed by atoms with Gasteiger partial charge in [-0.1, -0.05) is 0 Å². The first-order chi connectivity index (χ1) is 5.61. The average Bonchev–Trinajstić information content (AvgIpc) is 2.14. The Labute approximate surface area is 81.7 Å². The number of rotatable bonds is 6. The number of halogens is 2. The Hall–Kier alpha value is 0.690. The first kappa shape index (κ1) is 12.7. The quantitative estimate of drug-likeness (QED) is 0.525. The third kappa shape index (κ3) is 4.08. The molecule has 0 aliphatic heterocycles. The van der Waals surface area contributed by atoms with Crippen LogP contribution in [0.2, 0.25) is 0 Å². The summed E-state index contributed by atoms with van der Waals surface area (Å²) in [5, 5.41) is 0. The summed E-state index contributed by atoms with van der Waals surface area (Å²) in [5.41, 5.74) is 0. The molecule has 0 atom stereocenters. The van der Waals surface area contributed by atoms with Gasteiger partial charge in [-0.25, -0.2) is 4.57 Å². The van der Waals surface area contributed by atoms with E-state index in [1.54, 1.807) is 0 Å². The highest BCUT2D eigenvalue weighted by molar-refractivity contribution is 7.48. The number of phosphoric acid groups is 1. The Balaban J connectivity index is 4.09. The van der Waals surface area contributed by atoms with Crippen LogP contribution in [0.25, 0.3) is 0 Å². The van der Waals surface area contributed by atoms with Crippen molar-refractivity contribution < 1.29 is 18.1 Å². The van der Waals surface area contributed by atoms with Crippen LogP contribution in [0, 0.1) is 0 Å². The summed E-state index contributed by atoms with van der Waals surface area (Å²) in [6.45, 7) is 0. The van der Waals surface area contributed by atoms with Gasteiger partial charge in [0, 0.05) is 14.2 Å². The summed E-state index contributed by atoms with van der Waals surface area (Å²) in [6, 6.07) is 0. The third-order valence-corrected chi connectivity index (χ3v) is 3.21. The van der Waals surface area contributed by atoms with E-state index in [1.807, 2.05) is 0 Å². The van der Waals surface area contributed by atoms with Gasteiger partial charge in [0.2, 0.25) is 0 Å². The van der Waals surface area contributed by atoms with E-state index in [-0.39, 0.29) is 11.8 Å². The Morgan fingerprint density at radius 3 is 1.92 bits per heavy atom. The van der Waals surface area contributed by atoms with Crippen molar-refractivity contribution in [3.8, 4) is 0 Å². The topological polar surface area (TPSA) is 44.8 Å². The fraction of sp³-hybridized carbons (Fsp3) is 1.00. The van der Waals surface area contributed by atoms with Crippen molar-refractivity contribution in [3.63, 3.8) is 0 Å². The molecule has 0 aromatic carbocycles. The van der Waals surface area contributed by atoms with Crippen molar-refractivity contribution in [3.05, 3.63) is 0 Å². The van der Waals surface area contributed by atoms with Crippen LogP contribution in [-0.4, -0.2) is 32.1 Å². The lowest BCUT2D eigenvalue weighted by Crippen LogP contribution is -2.16. The van der Waals surface area contributed by atoms with Crippen LogP contribution in [0.5, 0.6) is 0 Å². The molecule has 0 saturated heterocycles. The van der Waals surface area contributed by atoms with Gasteiger partial charge in [-0.3, -0.25) is 13.6 Å². The zero-order valence-electron chi connectivity index (χ0n) is 6.83. The molecule has 0 aromatic heterocycles. The van der Waals surface area contributed by atoms with Crippen LogP contribution in [0.1, 0.15) is 0 Å². The minimum Gasteiger partial charge on any atom is -0.290 e. The van der Waals surface area contributed by atoms with Gasteiger partial charge in [-0.15, -0.1) is 23.2 Å². The molecule has 0 aromatic rings. The van der Waals surface area contributed by atoms with Crippen LogP contribution >= 0.6 is 31.0 Å². The van der Waals surface area contributed by atoms with Gasteiger partial charge in [0.05, 0.1) is 17.9 Å². The molecule has 74 valence electrons. The van der Waals surface area contributed by atoms with Gasteiger partial charge in [-0.05, 0) is 0 Å². The van der Waals surface area contributed by atoms with Gasteiger partial charge in [0.1, 0.15) is 0 Å². The van der Waals surface area contributed by atoms with E-state index in [1.165, 1.54) is 14.2 Å². The molecule has 0 radical (unpaired) electrons. The maximum absolute atomic E-state index is 11.3. The minimum absolute atomic E-state index is 0.139. The van der Waals surface area contributed by atoms with E-state index in [2.05, 4.69) is 9.05 Å². The molecule has 0 spiro atoms. The smallest absolute Gasteiger partial charge is 0.290 e. The number of hydrogen-bond donors (Lipinski definition) is 0. The minimum atomic E-state index is -3.44. The summed E-state index contributed by atoms with van der Waals surface area (Å²) in [7, 11) is -0.987. The molecule has 0 amide bonds. The predicted octanol–water partition coefficient (Wildman–Crippen LogP) is 2.25. The van der Waals surface area contributed by atoms with Crippen LogP contribution in [0.4, 0.5) is 0 Å². The van der Waals surface area contributed by atoms with E-state index in [0.29, 0.717) is 0 Å². The second-order valence-corrected chi connectivity index (χ2v) is 4.30. The molecule has 7 heteroatoms. The van der Waals surface area contributed by atoms with Crippen LogP contribution in [0.15, 0.2) is 0 Å². The lowest BCUT2D eigenvalue weighted by molar-refractivity contribution is 0.125. The highest BCUT2D eigenvalue weighted by Gasteiger charge is 2.27. The van der Waals surface area contributed by atoms with Crippen molar-refractivity contribution in [2.24, 2.45) is 0 Å². The molecule has 12 heavy (non-hydrogen) atoms. The second kappa shape index (κ2) is 6.19. The van der Waals surface area contributed by atoms with Crippen molar-refractivity contribution in [1.29, 1.82) is 0 Å². The van der Waals surface area contributed by atoms with Crippen LogP contribution in [0.3, 0.4) is 0 Å². The fourth-order valence-electron chi connectivity index (χ4n) is 0.441. The highest BCUT2D eigenvalue weighted by atomic mass is 35.5. The summed E-state index contributed by atoms with van der Waals surface area (Å²) in [6.07, 6.45) is -0.529. The molecule has 0 unspecified atom stereocenters. The molecule has 0 rings (SSSR count). The Kier molecular flexibility index (Phi) is 6.55. The summed E-state index contributed by atoms with van der Waals surface area (Å²) in [4.78, 5) is 0. The summed E-state index contributed by atoms with van der Waals surface area (Å²) >= 11 is 10.9. The third-order valence-electron chi connectivity index (χ3n) is 1.07. The number of phosphoric ester groups is 1. The Morgan fingerprint density at radius 1 is 1.25 bits per heavy atom. The van der Waals surface area contributed by atoms with E-state index in [9.17, 15) is 4.57 Å². The lowest BCUT2D eigenvalue weighted by atomic mass is 10.5. The predicted molar refractivity (Wildman–Crippen MR) is 47.9 cm³/mol. The molecule has 0 N–H and O–H groups in total. The number of alkyl halides is 2. The molecule has 0 aliphatic rings. The normalized spacial score (nSPS) is 12.4. The molecule has 0 saturated carbocycles. The fourth-order valence-corrected chi connectivity index (χ4v) is 1.91. The van der Waals surface area contributed by atoms with Crippen molar-refractivity contribution in [2.45, 2.75) is 6.10 Å². The van der Waals surface area contributed by atoms with Gasteiger partial charge < -0.3 is 0 Å². The van der Waals surface area contributed by atoms with Crippen LogP contribution in [-0.2, 0) is 18.1 Å². The maximum Gasteiger partial charge on any atom is 0.474 e. The van der Waals surface area contributed by atoms with Crippen molar-refractivity contribution in [2.75, 3.05) is 26.0 Å². The largest absolute Gasteiger partial charge is 0.474 e. The monoisotopic (exact) mass is 236 g/mol. The second-order valence-electron chi connectivity index (χ2n) is 1.85. The van der Waals surface area contributed by atoms with E-state index in [4.69, 9.17) is 27.7 Å². The maximum atomic E-state index is 11.3. The first-order valence-corrected chi connectivity index (χ1v) is 5.66. The first-order valence-electron chi connectivity index (χ1n) is 3.13. The summed E-state index contributed by atoms with van der Waals surface area (Å²) in [5.74, 6) is 0.278. The average molecular weight is 237 g/mol.